The molecule has 4 rings (SSSR count). The van der Waals surface area contributed by atoms with E-state index in [-0.39, 0.29) is 13.2 Å². The second-order valence-corrected chi connectivity index (χ2v) is 10.2. The smallest absolute Gasteiger partial charge is 0.264 e. The van der Waals surface area contributed by atoms with Crippen LogP contribution in [0.1, 0.15) is 12.5 Å². The molecule has 29 heavy (non-hydrogen) atoms. The lowest BCUT2D eigenvalue weighted by Gasteiger charge is -2.28. The number of rotatable bonds is 7. The molecule has 3 aromatic carbocycles. The minimum atomic E-state index is -3.58. The Balaban J connectivity index is 1.77. The molecule has 4 aromatic rings. The molecule has 0 amide bonds. The Morgan fingerprint density at radius 3 is 2.62 bits per heavy atom. The van der Waals surface area contributed by atoms with Crippen molar-refractivity contribution in [2.24, 2.45) is 0 Å². The minimum Gasteiger partial charge on any atom is -0.394 e. The first-order valence-corrected chi connectivity index (χ1v) is 12.0. The van der Waals surface area contributed by atoms with Crippen LogP contribution in [0.25, 0.3) is 31.6 Å². The van der Waals surface area contributed by atoms with Gasteiger partial charge in [-0.1, -0.05) is 36.4 Å². The van der Waals surface area contributed by atoms with Gasteiger partial charge in [0, 0.05) is 11.2 Å². The van der Waals surface area contributed by atoms with E-state index in [0.29, 0.717) is 6.54 Å². The molecule has 1 unspecified atom stereocenters. The van der Waals surface area contributed by atoms with Crippen molar-refractivity contribution >= 4 is 53.1 Å². The van der Waals surface area contributed by atoms with Crippen molar-refractivity contribution in [3.8, 4) is 0 Å². The first kappa shape index (κ1) is 20.3. The number of hydrogen-bond acceptors (Lipinski definition) is 6. The molecule has 0 radical (unpaired) electrons. The highest BCUT2D eigenvalue weighted by atomic mass is 32.2. The lowest BCUT2D eigenvalue weighted by molar-refractivity contribution is 0.118. The second-order valence-electron chi connectivity index (χ2n) is 7.61. The highest BCUT2D eigenvalue weighted by molar-refractivity contribution is 7.85. The van der Waals surface area contributed by atoms with Crippen molar-refractivity contribution in [2.75, 3.05) is 19.5 Å². The summed E-state index contributed by atoms with van der Waals surface area (Å²) in [6.07, 6.45) is 1.01. The molecule has 0 aliphatic carbocycles. The van der Waals surface area contributed by atoms with Gasteiger partial charge in [-0.3, -0.25) is 4.18 Å². The Labute approximate surface area is 174 Å². The number of thiophene rings is 1. The average Bonchev–Trinajstić information content (AvgIpc) is 3.17. The molecule has 0 aliphatic rings. The van der Waals surface area contributed by atoms with E-state index in [4.69, 9.17) is 4.18 Å². The molecule has 0 saturated carbocycles. The van der Waals surface area contributed by atoms with Crippen LogP contribution in [0.4, 0.5) is 0 Å². The summed E-state index contributed by atoms with van der Waals surface area (Å²) in [5.41, 5.74) is 0.253. The normalized spacial score (nSPS) is 14.6. The molecule has 2 N–H and O–H groups in total. The SMILES string of the molecule is CC(CO)(COS(C)(=O)=O)NCc1c2ccc3ccccc3c2cc2ccsc12. The summed E-state index contributed by atoms with van der Waals surface area (Å²) in [5, 5.41) is 21.2. The monoisotopic (exact) mass is 429 g/mol. The largest absolute Gasteiger partial charge is 0.394 e. The maximum Gasteiger partial charge on any atom is 0.264 e. The molecule has 152 valence electrons. The van der Waals surface area contributed by atoms with Crippen LogP contribution in [0.5, 0.6) is 0 Å². The van der Waals surface area contributed by atoms with Crippen molar-refractivity contribution in [3.05, 3.63) is 59.5 Å². The van der Waals surface area contributed by atoms with Gasteiger partial charge < -0.3 is 10.4 Å². The van der Waals surface area contributed by atoms with Gasteiger partial charge in [0.2, 0.25) is 0 Å². The zero-order valence-corrected chi connectivity index (χ0v) is 17.9. The fourth-order valence-corrected chi connectivity index (χ4v) is 4.95. The first-order valence-electron chi connectivity index (χ1n) is 9.30. The number of fused-ring (bicyclic) bond motifs is 4. The molecule has 1 heterocycles. The number of nitrogens with one attached hydrogen (secondary N) is 1. The molecule has 5 nitrogen and oxygen atoms in total. The van der Waals surface area contributed by atoms with Gasteiger partial charge in [-0.25, -0.2) is 0 Å². The zero-order chi connectivity index (χ0) is 20.6. The zero-order valence-electron chi connectivity index (χ0n) is 16.3. The van der Waals surface area contributed by atoms with E-state index in [1.54, 1.807) is 18.3 Å². The van der Waals surface area contributed by atoms with Crippen molar-refractivity contribution in [3.63, 3.8) is 0 Å². The molecule has 0 saturated heterocycles. The second kappa shape index (κ2) is 7.66. The molecule has 0 spiro atoms. The van der Waals surface area contributed by atoms with Crippen LogP contribution in [0.15, 0.2) is 53.9 Å². The lowest BCUT2D eigenvalue weighted by Crippen LogP contribution is -2.49. The summed E-state index contributed by atoms with van der Waals surface area (Å²) in [6, 6.07) is 16.9. The van der Waals surface area contributed by atoms with Gasteiger partial charge in [0.1, 0.15) is 0 Å². The van der Waals surface area contributed by atoms with Gasteiger partial charge in [0.25, 0.3) is 10.1 Å². The third kappa shape index (κ3) is 4.15. The maximum absolute atomic E-state index is 11.4. The number of hydrogen-bond donors (Lipinski definition) is 2. The van der Waals surface area contributed by atoms with E-state index in [1.165, 1.54) is 26.2 Å². The summed E-state index contributed by atoms with van der Waals surface area (Å²) in [7, 11) is -3.58. The number of aliphatic hydroxyl groups is 1. The highest BCUT2D eigenvalue weighted by Crippen LogP contribution is 2.36. The van der Waals surface area contributed by atoms with Crippen molar-refractivity contribution in [2.45, 2.75) is 19.0 Å². The molecule has 1 atom stereocenters. The third-order valence-electron chi connectivity index (χ3n) is 5.20. The van der Waals surface area contributed by atoms with Gasteiger partial charge in [-0.2, -0.15) is 8.42 Å². The van der Waals surface area contributed by atoms with E-state index < -0.39 is 15.7 Å². The average molecular weight is 430 g/mol. The Morgan fingerprint density at radius 1 is 1.07 bits per heavy atom. The van der Waals surface area contributed by atoms with Crippen molar-refractivity contribution in [1.29, 1.82) is 0 Å². The standard InChI is InChI=1S/C22H23NO4S2/c1-22(13-24,14-27-29(2,25)26)23-12-20-18-8-7-15-5-3-4-6-17(15)19(18)11-16-9-10-28-21(16)20/h3-11,23-24H,12-14H2,1-2H3. The first-order chi connectivity index (χ1) is 13.8. The predicted octanol–water partition coefficient (Wildman–Crippen LogP) is 4.02. The molecule has 0 aliphatic heterocycles. The van der Waals surface area contributed by atoms with E-state index in [2.05, 4.69) is 47.1 Å². The van der Waals surface area contributed by atoms with E-state index in [0.717, 1.165) is 17.2 Å². The van der Waals surface area contributed by atoms with Crippen LogP contribution < -0.4 is 5.32 Å². The van der Waals surface area contributed by atoms with Gasteiger partial charge in [0.05, 0.1) is 25.0 Å². The predicted molar refractivity (Wildman–Crippen MR) is 120 cm³/mol. The third-order valence-corrected chi connectivity index (χ3v) is 6.73. The van der Waals surface area contributed by atoms with Crippen LogP contribution >= 0.6 is 11.3 Å². The van der Waals surface area contributed by atoms with Crippen LogP contribution in [0.3, 0.4) is 0 Å². The molecule has 0 bridgehead atoms. The topological polar surface area (TPSA) is 75.6 Å². The summed E-state index contributed by atoms with van der Waals surface area (Å²) in [4.78, 5) is 0. The van der Waals surface area contributed by atoms with Gasteiger partial charge in [0.15, 0.2) is 0 Å². The number of benzene rings is 3. The van der Waals surface area contributed by atoms with E-state index in [1.807, 2.05) is 12.1 Å². The molecule has 7 heteroatoms. The fourth-order valence-electron chi connectivity index (χ4n) is 3.54. The highest BCUT2D eigenvalue weighted by Gasteiger charge is 2.26. The Bertz CT molecular complexity index is 1300. The summed E-state index contributed by atoms with van der Waals surface area (Å²) in [5.74, 6) is 0. The van der Waals surface area contributed by atoms with Gasteiger partial charge in [-0.05, 0) is 56.9 Å². The Hall–Kier alpha value is -2.03. The summed E-state index contributed by atoms with van der Waals surface area (Å²) >= 11 is 1.68. The Kier molecular flexibility index (Phi) is 5.35. The van der Waals surface area contributed by atoms with Crippen LogP contribution in [0, 0.1) is 0 Å². The quantitative estimate of drug-likeness (QED) is 0.343. The molecule has 0 fully saturated rings. The number of aliphatic hydroxyl groups excluding tert-OH is 1. The maximum atomic E-state index is 11.4. The molecule has 1 aromatic heterocycles. The summed E-state index contributed by atoms with van der Waals surface area (Å²) in [6.45, 7) is 1.86. The van der Waals surface area contributed by atoms with Gasteiger partial charge >= 0.3 is 0 Å². The Morgan fingerprint density at radius 2 is 1.86 bits per heavy atom. The van der Waals surface area contributed by atoms with E-state index in [9.17, 15) is 13.5 Å². The van der Waals surface area contributed by atoms with Crippen LogP contribution in [-0.4, -0.2) is 38.5 Å². The fraction of sp³-hybridized carbons (Fsp3) is 0.273. The van der Waals surface area contributed by atoms with Gasteiger partial charge in [-0.15, -0.1) is 11.3 Å². The minimum absolute atomic E-state index is 0.135. The van der Waals surface area contributed by atoms with Crippen molar-refractivity contribution in [1.82, 2.24) is 5.32 Å². The van der Waals surface area contributed by atoms with E-state index >= 15 is 0 Å². The molecular formula is C22H23NO4S2. The summed E-state index contributed by atoms with van der Waals surface area (Å²) < 4.78 is 28.9. The lowest BCUT2D eigenvalue weighted by atomic mass is 9.96. The van der Waals surface area contributed by atoms with Crippen LogP contribution in [-0.2, 0) is 20.8 Å². The van der Waals surface area contributed by atoms with Crippen LogP contribution in [0.2, 0.25) is 0 Å². The molecular weight excluding hydrogens is 406 g/mol. The van der Waals surface area contributed by atoms with Crippen molar-refractivity contribution < 1.29 is 17.7 Å².